The van der Waals surface area contributed by atoms with Gasteiger partial charge in [0.05, 0.1) is 26.1 Å². The molecule has 1 heterocycles. The topological polar surface area (TPSA) is 42.8 Å². The summed E-state index contributed by atoms with van der Waals surface area (Å²) in [7, 11) is 0. The third-order valence-electron chi connectivity index (χ3n) is 4.06. The number of halogens is 3. The number of likely N-dealkylation sites (tertiary alicyclic amines) is 1. The van der Waals surface area contributed by atoms with Gasteiger partial charge in [-0.15, -0.1) is 8.78 Å². The monoisotopic (exact) mass is 347 g/mol. The molecule has 4 nitrogen and oxygen atoms in total. The lowest BCUT2D eigenvalue weighted by molar-refractivity contribution is -0.905. The molecule has 23 heavy (non-hydrogen) atoms. The molecular formula is C16H22ClF2N2O2+. The molecule has 7 heteroatoms. The van der Waals surface area contributed by atoms with Crippen LogP contribution in [0.15, 0.2) is 24.3 Å². The number of hydrogen-bond acceptors (Lipinski definition) is 2. The van der Waals surface area contributed by atoms with Gasteiger partial charge in [0, 0.05) is 17.3 Å². The van der Waals surface area contributed by atoms with E-state index in [1.807, 2.05) is 0 Å². The Labute approximate surface area is 139 Å². The van der Waals surface area contributed by atoms with Crippen LogP contribution < -0.4 is 15.0 Å². The maximum atomic E-state index is 12.5. The highest BCUT2D eigenvalue weighted by Gasteiger charge is 2.27. The predicted molar refractivity (Wildman–Crippen MR) is 85.1 cm³/mol. The van der Waals surface area contributed by atoms with Gasteiger partial charge in [-0.25, -0.2) is 0 Å². The molecule has 0 aromatic heterocycles. The van der Waals surface area contributed by atoms with Crippen LogP contribution in [0.3, 0.4) is 0 Å². The Morgan fingerprint density at radius 2 is 1.96 bits per heavy atom. The van der Waals surface area contributed by atoms with Crippen LogP contribution in [0, 0.1) is 5.92 Å². The molecule has 2 rings (SSSR count). The summed E-state index contributed by atoms with van der Waals surface area (Å²) in [5.41, 5.74) is -3.19. The largest absolute Gasteiger partial charge is 0.487 e. The molecule has 0 spiro atoms. The number of carbonyl (C=O) groups excluding carboxylic acids is 1. The number of nitrogens with one attached hydrogen (secondary N) is 2. The normalized spacial score (nSPS) is 21.7. The lowest BCUT2D eigenvalue weighted by Gasteiger charge is -2.27. The third-order valence-corrected chi connectivity index (χ3v) is 4.14. The Bertz CT molecular complexity index is 512. The Kier molecular flexibility index (Phi) is 6.18. The van der Waals surface area contributed by atoms with Gasteiger partial charge in [0.15, 0.2) is 0 Å². The minimum Gasteiger partial charge on any atom is -0.420 e. The van der Waals surface area contributed by atoms with Gasteiger partial charge in [0.2, 0.25) is 5.91 Å². The standard InChI is InChI=1S/C16H21ClF2N2O2/c1-12-6-9-21(10-7-12)11-8-15(22)20-13-2-4-14(5-3-13)23-16(17,18)19/h2-5,12H,6-11H2,1H3,(H,20,22)/p+1. The molecule has 2 N–H and O–H groups in total. The molecule has 0 unspecified atom stereocenters. The van der Waals surface area contributed by atoms with Gasteiger partial charge >= 0.3 is 5.57 Å². The van der Waals surface area contributed by atoms with Crippen LogP contribution in [0.1, 0.15) is 26.2 Å². The molecule has 128 valence electrons. The van der Waals surface area contributed by atoms with Crippen LogP contribution in [0.25, 0.3) is 0 Å². The van der Waals surface area contributed by atoms with Crippen molar-refractivity contribution in [2.75, 3.05) is 25.0 Å². The summed E-state index contributed by atoms with van der Waals surface area (Å²) in [6.45, 7) is 5.31. The van der Waals surface area contributed by atoms with Crippen molar-refractivity contribution in [3.8, 4) is 5.75 Å². The molecule has 1 amide bonds. The quantitative estimate of drug-likeness (QED) is 0.776. The molecule has 0 bridgehead atoms. The SMILES string of the molecule is CC1CC[NH+](CCC(=O)Nc2ccc(OC(F)(F)Cl)cc2)CC1. The zero-order valence-electron chi connectivity index (χ0n) is 13.1. The predicted octanol–water partition coefficient (Wildman–Crippen LogP) is 2.50. The third kappa shape index (κ3) is 6.71. The molecular weight excluding hydrogens is 326 g/mol. The van der Waals surface area contributed by atoms with Crippen LogP contribution in [-0.2, 0) is 4.79 Å². The minimum absolute atomic E-state index is 0.0603. The Morgan fingerprint density at radius 3 is 2.52 bits per heavy atom. The highest BCUT2D eigenvalue weighted by atomic mass is 35.5. The maximum Gasteiger partial charge on any atom is 0.487 e. The molecule has 1 aliphatic rings. The number of alkyl halides is 3. The van der Waals surface area contributed by atoms with Crippen molar-refractivity contribution in [1.29, 1.82) is 0 Å². The number of rotatable bonds is 6. The second-order valence-corrected chi connectivity index (χ2v) is 6.49. The van der Waals surface area contributed by atoms with E-state index in [4.69, 9.17) is 0 Å². The summed E-state index contributed by atoms with van der Waals surface area (Å²) in [5, 5.41) is 2.75. The second kappa shape index (κ2) is 7.93. The van der Waals surface area contributed by atoms with Crippen LogP contribution >= 0.6 is 11.6 Å². The fourth-order valence-corrected chi connectivity index (χ4v) is 2.76. The van der Waals surface area contributed by atoms with Gasteiger partial charge in [0.1, 0.15) is 5.75 Å². The van der Waals surface area contributed by atoms with E-state index in [1.165, 1.54) is 42.0 Å². The second-order valence-electron chi connectivity index (χ2n) is 6.05. The van der Waals surface area contributed by atoms with Crippen LogP contribution in [0.4, 0.5) is 14.5 Å². The molecule has 0 saturated carbocycles. The average molecular weight is 348 g/mol. The van der Waals surface area contributed by atoms with Gasteiger partial charge in [0.25, 0.3) is 0 Å². The maximum absolute atomic E-state index is 12.5. The smallest absolute Gasteiger partial charge is 0.420 e. The van der Waals surface area contributed by atoms with Crippen LogP contribution in [0.5, 0.6) is 5.75 Å². The lowest BCUT2D eigenvalue weighted by atomic mass is 9.99. The van der Waals surface area contributed by atoms with Crippen LogP contribution in [0.2, 0.25) is 0 Å². The average Bonchev–Trinajstić information content (AvgIpc) is 2.47. The highest BCUT2D eigenvalue weighted by Crippen LogP contribution is 2.25. The zero-order valence-corrected chi connectivity index (χ0v) is 13.8. The number of hydrogen-bond donors (Lipinski definition) is 2. The van der Waals surface area contributed by atoms with Crippen molar-refractivity contribution in [3.63, 3.8) is 0 Å². The number of ether oxygens (including phenoxy) is 1. The number of anilines is 1. The van der Waals surface area contributed by atoms with Gasteiger partial charge in [-0.3, -0.25) is 4.79 Å². The first-order valence-corrected chi connectivity index (χ1v) is 8.19. The van der Waals surface area contributed by atoms with E-state index in [0.29, 0.717) is 12.1 Å². The number of piperidine rings is 1. The number of quaternary nitrogens is 1. The van der Waals surface area contributed by atoms with E-state index in [1.54, 1.807) is 0 Å². The molecule has 0 atom stereocenters. The fourth-order valence-electron chi connectivity index (χ4n) is 2.67. The van der Waals surface area contributed by atoms with Gasteiger partial charge < -0.3 is 15.0 Å². The van der Waals surface area contributed by atoms with Crippen molar-refractivity contribution in [1.82, 2.24) is 0 Å². The van der Waals surface area contributed by atoms with Gasteiger partial charge in [-0.1, -0.05) is 6.92 Å². The highest BCUT2D eigenvalue weighted by molar-refractivity contribution is 6.20. The number of amides is 1. The summed E-state index contributed by atoms with van der Waals surface area (Å²) < 4.78 is 29.2. The molecule has 0 aliphatic carbocycles. The first kappa shape index (κ1) is 17.9. The Balaban J connectivity index is 1.74. The molecule has 1 aromatic carbocycles. The Hall–Kier alpha value is -1.40. The summed E-state index contributed by atoms with van der Waals surface area (Å²) in [4.78, 5) is 13.4. The van der Waals surface area contributed by atoms with E-state index in [0.717, 1.165) is 25.6 Å². The van der Waals surface area contributed by atoms with Crippen LogP contribution in [-0.4, -0.2) is 31.1 Å². The Morgan fingerprint density at radius 1 is 1.35 bits per heavy atom. The molecule has 0 radical (unpaired) electrons. The first-order valence-electron chi connectivity index (χ1n) is 7.81. The van der Waals surface area contributed by atoms with Crippen molar-refractivity contribution >= 4 is 23.2 Å². The summed E-state index contributed by atoms with van der Waals surface area (Å²) in [5.74, 6) is 0.649. The lowest BCUT2D eigenvalue weighted by Crippen LogP contribution is -3.13. The molecule has 1 fully saturated rings. The van der Waals surface area contributed by atoms with E-state index in [9.17, 15) is 13.6 Å². The van der Waals surface area contributed by atoms with E-state index >= 15 is 0 Å². The summed E-state index contributed by atoms with van der Waals surface area (Å²) in [6.07, 6.45) is 2.87. The van der Waals surface area contributed by atoms with Crippen molar-refractivity contribution in [3.05, 3.63) is 24.3 Å². The van der Waals surface area contributed by atoms with E-state index in [-0.39, 0.29) is 11.7 Å². The number of benzene rings is 1. The van der Waals surface area contributed by atoms with Crippen molar-refractivity contribution in [2.24, 2.45) is 5.92 Å². The first-order chi connectivity index (χ1) is 10.8. The van der Waals surface area contributed by atoms with E-state index < -0.39 is 5.57 Å². The van der Waals surface area contributed by atoms with E-state index in [2.05, 4.69) is 28.6 Å². The molecule has 1 saturated heterocycles. The number of carbonyl (C=O) groups is 1. The van der Waals surface area contributed by atoms with Gasteiger partial charge in [-0.2, -0.15) is 0 Å². The summed E-state index contributed by atoms with van der Waals surface area (Å²) >= 11 is 4.69. The molecule has 1 aliphatic heterocycles. The fraction of sp³-hybridized carbons (Fsp3) is 0.562. The van der Waals surface area contributed by atoms with Crippen molar-refractivity contribution in [2.45, 2.75) is 31.8 Å². The van der Waals surface area contributed by atoms with Crippen molar-refractivity contribution < 1.29 is 23.2 Å². The minimum atomic E-state index is -3.74. The molecule has 1 aromatic rings. The zero-order chi connectivity index (χ0) is 16.9. The van der Waals surface area contributed by atoms with Gasteiger partial charge in [-0.05, 0) is 43.0 Å². The summed E-state index contributed by atoms with van der Waals surface area (Å²) in [6, 6.07) is 5.68.